The number of hydrogen-bond acceptors (Lipinski definition) is 4. The van der Waals surface area contributed by atoms with Crippen molar-refractivity contribution in [2.75, 3.05) is 13.7 Å². The highest BCUT2D eigenvalue weighted by Gasteiger charge is 2.09. The highest BCUT2D eigenvalue weighted by atomic mass is 35.5. The lowest BCUT2D eigenvalue weighted by Crippen LogP contribution is -2.30. The van der Waals surface area contributed by atoms with Crippen molar-refractivity contribution in [1.82, 2.24) is 5.32 Å². The van der Waals surface area contributed by atoms with E-state index in [1.165, 1.54) is 7.11 Å². The third-order valence-electron chi connectivity index (χ3n) is 3.29. The van der Waals surface area contributed by atoms with E-state index >= 15 is 0 Å². The number of benzene rings is 2. The number of halogens is 1. The molecule has 0 aromatic heterocycles. The van der Waals surface area contributed by atoms with E-state index in [0.29, 0.717) is 22.9 Å². The number of hydrogen-bond donors (Lipinski definition) is 1. The molecule has 0 aliphatic carbocycles. The second-order valence-electron chi connectivity index (χ2n) is 5.02. The van der Waals surface area contributed by atoms with Crippen molar-refractivity contribution in [2.24, 2.45) is 0 Å². The maximum atomic E-state index is 11.8. The van der Waals surface area contributed by atoms with Crippen LogP contribution < -0.4 is 10.1 Å². The standard InChI is InChI=1S/C18H18ClNO4/c1-23-18(22)12-20-17(21)11-6-13-4-2-3-5-16(13)24-15-9-7-14(19)8-10-15/h2-5,7-10H,6,11-12H2,1H3,(H,20,21). The molecule has 5 nitrogen and oxygen atoms in total. The van der Waals surface area contributed by atoms with E-state index in [4.69, 9.17) is 16.3 Å². The van der Waals surface area contributed by atoms with Gasteiger partial charge >= 0.3 is 5.97 Å². The molecule has 0 fully saturated rings. The van der Waals surface area contributed by atoms with Crippen LogP contribution in [0.3, 0.4) is 0 Å². The number of ether oxygens (including phenoxy) is 2. The van der Waals surface area contributed by atoms with E-state index in [9.17, 15) is 9.59 Å². The minimum atomic E-state index is -0.477. The van der Waals surface area contributed by atoms with Gasteiger partial charge < -0.3 is 14.8 Å². The SMILES string of the molecule is COC(=O)CNC(=O)CCc1ccccc1Oc1ccc(Cl)cc1. The van der Waals surface area contributed by atoms with Crippen molar-refractivity contribution in [1.29, 1.82) is 0 Å². The van der Waals surface area contributed by atoms with Crippen LogP contribution in [-0.4, -0.2) is 25.5 Å². The summed E-state index contributed by atoms with van der Waals surface area (Å²) in [7, 11) is 1.28. The van der Waals surface area contributed by atoms with Gasteiger partial charge in [-0.15, -0.1) is 0 Å². The summed E-state index contributed by atoms with van der Waals surface area (Å²) in [4.78, 5) is 22.8. The fourth-order valence-electron chi connectivity index (χ4n) is 2.02. The van der Waals surface area contributed by atoms with Gasteiger partial charge in [-0.25, -0.2) is 0 Å². The fraction of sp³-hybridized carbons (Fsp3) is 0.222. The summed E-state index contributed by atoms with van der Waals surface area (Å²) >= 11 is 5.86. The molecule has 24 heavy (non-hydrogen) atoms. The largest absolute Gasteiger partial charge is 0.468 e. The van der Waals surface area contributed by atoms with Crippen LogP contribution in [-0.2, 0) is 20.7 Å². The molecule has 2 aromatic rings. The quantitative estimate of drug-likeness (QED) is 0.780. The molecule has 0 radical (unpaired) electrons. The molecule has 1 amide bonds. The zero-order valence-electron chi connectivity index (χ0n) is 13.3. The molecule has 0 aliphatic rings. The Morgan fingerprint density at radius 3 is 2.50 bits per heavy atom. The molecule has 0 unspecified atom stereocenters. The van der Waals surface area contributed by atoms with Gasteiger partial charge in [-0.2, -0.15) is 0 Å². The number of amides is 1. The number of rotatable bonds is 7. The Morgan fingerprint density at radius 2 is 1.79 bits per heavy atom. The monoisotopic (exact) mass is 347 g/mol. The Kier molecular flexibility index (Phi) is 6.63. The second kappa shape index (κ2) is 8.93. The summed E-state index contributed by atoms with van der Waals surface area (Å²) in [5.74, 6) is 0.652. The van der Waals surface area contributed by atoms with Gasteiger partial charge in [-0.3, -0.25) is 9.59 Å². The van der Waals surface area contributed by atoms with Crippen LogP contribution in [0.2, 0.25) is 5.02 Å². The van der Waals surface area contributed by atoms with Gasteiger partial charge in [0.1, 0.15) is 18.0 Å². The van der Waals surface area contributed by atoms with Crippen molar-refractivity contribution in [3.8, 4) is 11.5 Å². The molecule has 1 N–H and O–H groups in total. The maximum Gasteiger partial charge on any atom is 0.325 e. The fourth-order valence-corrected chi connectivity index (χ4v) is 2.15. The van der Waals surface area contributed by atoms with Crippen molar-refractivity contribution >= 4 is 23.5 Å². The molecule has 0 saturated heterocycles. The molecule has 0 saturated carbocycles. The Labute approximate surface area is 145 Å². The average Bonchev–Trinajstić information content (AvgIpc) is 2.60. The lowest BCUT2D eigenvalue weighted by atomic mass is 10.1. The highest BCUT2D eigenvalue weighted by Crippen LogP contribution is 2.27. The van der Waals surface area contributed by atoms with Gasteiger partial charge in [-0.1, -0.05) is 29.8 Å². The molecule has 2 rings (SSSR count). The molecular weight excluding hydrogens is 330 g/mol. The van der Waals surface area contributed by atoms with Gasteiger partial charge in [0.15, 0.2) is 0 Å². The third-order valence-corrected chi connectivity index (χ3v) is 3.54. The van der Waals surface area contributed by atoms with Gasteiger partial charge in [0.05, 0.1) is 7.11 Å². The Bertz CT molecular complexity index is 700. The minimum absolute atomic E-state index is 0.127. The predicted octanol–water partition coefficient (Wildman–Crippen LogP) is 3.35. The van der Waals surface area contributed by atoms with E-state index in [-0.39, 0.29) is 18.9 Å². The molecule has 0 bridgehead atoms. The lowest BCUT2D eigenvalue weighted by Gasteiger charge is -2.11. The van der Waals surface area contributed by atoms with Gasteiger partial charge in [0.25, 0.3) is 0 Å². The average molecular weight is 348 g/mol. The van der Waals surface area contributed by atoms with Crippen LogP contribution in [0.5, 0.6) is 11.5 Å². The minimum Gasteiger partial charge on any atom is -0.468 e. The smallest absolute Gasteiger partial charge is 0.325 e. The summed E-state index contributed by atoms with van der Waals surface area (Å²) in [6, 6.07) is 14.6. The zero-order chi connectivity index (χ0) is 17.4. The molecule has 6 heteroatoms. The Morgan fingerprint density at radius 1 is 1.08 bits per heavy atom. The molecular formula is C18H18ClNO4. The van der Waals surface area contributed by atoms with Crippen LogP contribution in [0.1, 0.15) is 12.0 Å². The first-order valence-electron chi connectivity index (χ1n) is 7.43. The van der Waals surface area contributed by atoms with Gasteiger partial charge in [0.2, 0.25) is 5.91 Å². The van der Waals surface area contributed by atoms with Gasteiger partial charge in [0, 0.05) is 11.4 Å². The Balaban J connectivity index is 1.94. The van der Waals surface area contributed by atoms with Crippen LogP contribution in [0.15, 0.2) is 48.5 Å². The molecule has 0 aliphatic heterocycles. The predicted molar refractivity (Wildman–Crippen MR) is 91.3 cm³/mol. The summed E-state index contributed by atoms with van der Waals surface area (Å²) in [5, 5.41) is 3.15. The first-order valence-corrected chi connectivity index (χ1v) is 7.81. The lowest BCUT2D eigenvalue weighted by molar-refractivity contribution is -0.141. The van der Waals surface area contributed by atoms with E-state index in [0.717, 1.165) is 5.56 Å². The molecule has 0 heterocycles. The van der Waals surface area contributed by atoms with Crippen molar-refractivity contribution in [2.45, 2.75) is 12.8 Å². The van der Waals surface area contributed by atoms with Crippen LogP contribution in [0, 0.1) is 0 Å². The number of carbonyl (C=O) groups excluding carboxylic acids is 2. The summed E-state index contributed by atoms with van der Waals surface area (Å²) < 4.78 is 10.3. The van der Waals surface area contributed by atoms with Crippen molar-refractivity contribution in [3.63, 3.8) is 0 Å². The van der Waals surface area contributed by atoms with E-state index in [1.54, 1.807) is 24.3 Å². The van der Waals surface area contributed by atoms with Crippen molar-refractivity contribution in [3.05, 3.63) is 59.1 Å². The van der Waals surface area contributed by atoms with E-state index < -0.39 is 5.97 Å². The summed E-state index contributed by atoms with van der Waals surface area (Å²) in [5.41, 5.74) is 0.903. The molecule has 126 valence electrons. The third kappa shape index (κ3) is 5.59. The van der Waals surface area contributed by atoms with Gasteiger partial charge in [-0.05, 0) is 42.3 Å². The normalized spacial score (nSPS) is 10.1. The van der Waals surface area contributed by atoms with Crippen LogP contribution >= 0.6 is 11.6 Å². The van der Waals surface area contributed by atoms with Crippen LogP contribution in [0.25, 0.3) is 0 Å². The number of esters is 1. The first-order chi connectivity index (χ1) is 11.6. The first kappa shape index (κ1) is 17.8. The van der Waals surface area contributed by atoms with Crippen LogP contribution in [0.4, 0.5) is 0 Å². The molecule has 0 atom stereocenters. The molecule has 0 spiro atoms. The highest BCUT2D eigenvalue weighted by molar-refractivity contribution is 6.30. The Hall–Kier alpha value is -2.53. The maximum absolute atomic E-state index is 11.8. The summed E-state index contributed by atoms with van der Waals surface area (Å²) in [6.07, 6.45) is 0.745. The van der Waals surface area contributed by atoms with Crippen molar-refractivity contribution < 1.29 is 19.1 Å². The zero-order valence-corrected chi connectivity index (χ0v) is 14.0. The number of para-hydroxylation sites is 1. The number of methoxy groups -OCH3 is 1. The molecule has 2 aromatic carbocycles. The number of carbonyl (C=O) groups is 2. The number of aryl methyl sites for hydroxylation is 1. The summed E-state index contributed by atoms with van der Waals surface area (Å²) in [6.45, 7) is -0.127. The number of nitrogens with one attached hydrogen (secondary N) is 1. The topological polar surface area (TPSA) is 64.6 Å². The second-order valence-corrected chi connectivity index (χ2v) is 5.45. The van der Waals surface area contributed by atoms with E-state index in [1.807, 2.05) is 24.3 Å². The van der Waals surface area contributed by atoms with E-state index in [2.05, 4.69) is 10.1 Å².